The van der Waals surface area contributed by atoms with E-state index in [1.807, 2.05) is 55.4 Å². The van der Waals surface area contributed by atoms with Crippen molar-refractivity contribution >= 4 is 23.1 Å². The van der Waals surface area contributed by atoms with Crippen molar-refractivity contribution in [1.82, 2.24) is 10.2 Å². The van der Waals surface area contributed by atoms with E-state index in [0.717, 1.165) is 16.8 Å². The van der Waals surface area contributed by atoms with Crippen molar-refractivity contribution in [1.29, 1.82) is 0 Å². The lowest BCUT2D eigenvalue weighted by Gasteiger charge is -2.12. The number of nitrogens with one attached hydrogen (secondary N) is 2. The fourth-order valence-electron chi connectivity index (χ4n) is 3.31. The molecule has 1 heterocycles. The van der Waals surface area contributed by atoms with Crippen molar-refractivity contribution in [3.63, 3.8) is 0 Å². The van der Waals surface area contributed by atoms with Crippen molar-refractivity contribution in [2.45, 2.75) is 6.92 Å². The summed E-state index contributed by atoms with van der Waals surface area (Å²) in [6, 6.07) is 13.3. The molecule has 0 aliphatic heterocycles. The van der Waals surface area contributed by atoms with Crippen LogP contribution in [-0.2, 0) is 4.79 Å². The molecule has 0 bridgehead atoms. The molecule has 0 saturated carbocycles. The molecule has 6 nitrogen and oxygen atoms in total. The Morgan fingerprint density at radius 1 is 1.08 bits per heavy atom. The molecule has 0 atom stereocenters. The number of ketones is 1. The molecule has 1 aromatic heterocycles. The number of aromatic amines is 1. The van der Waals surface area contributed by atoms with Gasteiger partial charge in [-0.25, -0.2) is 0 Å². The Hall–Kier alpha value is -3.41. The quantitative estimate of drug-likeness (QED) is 0.596. The van der Waals surface area contributed by atoms with Crippen molar-refractivity contribution in [3.8, 4) is 22.5 Å². The summed E-state index contributed by atoms with van der Waals surface area (Å²) < 4.78 is 0. The summed E-state index contributed by atoms with van der Waals surface area (Å²) in [6.07, 6.45) is 0. The number of carbonyl (C=O) groups is 2. The van der Waals surface area contributed by atoms with Gasteiger partial charge in [0, 0.05) is 37.8 Å². The molecular formula is C20H18N4O2. The first-order chi connectivity index (χ1) is 12.5. The first-order valence-electron chi connectivity index (χ1n) is 8.29. The van der Waals surface area contributed by atoms with Gasteiger partial charge in [-0.1, -0.05) is 24.3 Å². The van der Waals surface area contributed by atoms with Gasteiger partial charge in [0.25, 0.3) is 0 Å². The summed E-state index contributed by atoms with van der Waals surface area (Å²) in [5, 5.41) is 10.1. The molecule has 0 radical (unpaired) electrons. The molecule has 6 heteroatoms. The van der Waals surface area contributed by atoms with Crippen LogP contribution in [0.2, 0.25) is 0 Å². The van der Waals surface area contributed by atoms with Crippen LogP contribution >= 0.6 is 0 Å². The zero-order chi connectivity index (χ0) is 18.4. The molecule has 4 rings (SSSR count). The van der Waals surface area contributed by atoms with Crippen molar-refractivity contribution < 1.29 is 9.59 Å². The highest BCUT2D eigenvalue weighted by atomic mass is 16.1. The number of amides is 1. The lowest BCUT2D eigenvalue weighted by Crippen LogP contribution is -2.10. The van der Waals surface area contributed by atoms with Gasteiger partial charge >= 0.3 is 0 Å². The van der Waals surface area contributed by atoms with Crippen molar-refractivity contribution in [2.24, 2.45) is 0 Å². The van der Waals surface area contributed by atoms with Crippen molar-refractivity contribution in [3.05, 3.63) is 53.6 Å². The topological polar surface area (TPSA) is 78.1 Å². The van der Waals surface area contributed by atoms with Gasteiger partial charge < -0.3 is 10.2 Å². The first-order valence-corrected chi connectivity index (χ1v) is 8.29. The minimum Gasteiger partial charge on any atom is -0.378 e. The highest BCUT2D eigenvalue weighted by Crippen LogP contribution is 2.42. The molecule has 0 saturated heterocycles. The predicted molar refractivity (Wildman–Crippen MR) is 102 cm³/mol. The Kier molecular flexibility index (Phi) is 3.61. The van der Waals surface area contributed by atoms with E-state index in [-0.39, 0.29) is 11.7 Å². The van der Waals surface area contributed by atoms with Crippen LogP contribution in [0.1, 0.15) is 22.8 Å². The van der Waals surface area contributed by atoms with E-state index >= 15 is 0 Å². The molecule has 0 fully saturated rings. The second kappa shape index (κ2) is 5.84. The van der Waals surface area contributed by atoms with E-state index in [2.05, 4.69) is 15.5 Å². The number of rotatable bonds is 3. The molecule has 1 amide bonds. The normalized spacial score (nSPS) is 11.9. The first kappa shape index (κ1) is 16.1. The maximum absolute atomic E-state index is 13.1. The smallest absolute Gasteiger partial charge is 0.221 e. The van der Waals surface area contributed by atoms with Crippen LogP contribution in [0.25, 0.3) is 22.5 Å². The number of anilines is 2. The number of aromatic nitrogens is 2. The molecule has 2 N–H and O–H groups in total. The molecule has 130 valence electrons. The highest BCUT2D eigenvalue weighted by Gasteiger charge is 2.34. The van der Waals surface area contributed by atoms with E-state index in [4.69, 9.17) is 0 Å². The Balaban J connectivity index is 1.81. The zero-order valence-corrected chi connectivity index (χ0v) is 14.8. The van der Waals surface area contributed by atoms with Gasteiger partial charge in [-0.15, -0.1) is 0 Å². The van der Waals surface area contributed by atoms with Gasteiger partial charge in [0.1, 0.15) is 5.69 Å². The number of nitrogens with zero attached hydrogens (tertiary/aromatic N) is 2. The van der Waals surface area contributed by atoms with Gasteiger partial charge in [0.05, 0.1) is 22.5 Å². The lowest BCUT2D eigenvalue weighted by atomic mass is 10.0. The van der Waals surface area contributed by atoms with E-state index in [1.165, 1.54) is 6.92 Å². The van der Waals surface area contributed by atoms with Crippen LogP contribution < -0.4 is 10.2 Å². The number of hydrogen-bond donors (Lipinski definition) is 2. The highest BCUT2D eigenvalue weighted by molar-refractivity contribution is 6.26. The van der Waals surface area contributed by atoms with E-state index in [9.17, 15) is 9.59 Å². The summed E-state index contributed by atoms with van der Waals surface area (Å²) in [5.41, 5.74) is 5.62. The van der Waals surface area contributed by atoms with E-state index in [0.29, 0.717) is 28.2 Å². The van der Waals surface area contributed by atoms with Crippen LogP contribution in [-0.4, -0.2) is 36.0 Å². The molecule has 3 aromatic rings. The van der Waals surface area contributed by atoms with E-state index < -0.39 is 0 Å². The molecule has 0 unspecified atom stereocenters. The number of hydrogen-bond acceptors (Lipinski definition) is 4. The minimum atomic E-state index is -0.209. The third kappa shape index (κ3) is 2.38. The second-order valence-electron chi connectivity index (χ2n) is 6.50. The van der Waals surface area contributed by atoms with Crippen LogP contribution in [0.5, 0.6) is 0 Å². The average molecular weight is 346 g/mol. The summed E-state index contributed by atoms with van der Waals surface area (Å²) >= 11 is 0. The maximum atomic E-state index is 13.1. The average Bonchev–Trinajstić information content (AvgIpc) is 3.16. The third-order valence-electron chi connectivity index (χ3n) is 4.52. The summed E-state index contributed by atoms with van der Waals surface area (Å²) in [4.78, 5) is 26.6. The van der Waals surface area contributed by atoms with Crippen LogP contribution in [0.3, 0.4) is 0 Å². The van der Waals surface area contributed by atoms with Crippen LogP contribution in [0.4, 0.5) is 11.4 Å². The van der Waals surface area contributed by atoms with Gasteiger partial charge in [0.2, 0.25) is 5.91 Å². The fraction of sp³-hybridized carbons (Fsp3) is 0.150. The van der Waals surface area contributed by atoms with Crippen LogP contribution in [0.15, 0.2) is 42.5 Å². The summed E-state index contributed by atoms with van der Waals surface area (Å²) in [6.45, 7) is 1.43. The Morgan fingerprint density at radius 3 is 2.46 bits per heavy atom. The molecular weight excluding hydrogens is 328 g/mol. The SMILES string of the molecule is CC(=O)Nc1cccc2c1C(=O)c1c(-c3ccc(N(C)C)cc3)n[nH]c1-2. The molecule has 26 heavy (non-hydrogen) atoms. The Labute approximate surface area is 150 Å². The minimum absolute atomic E-state index is 0.125. The van der Waals surface area contributed by atoms with Gasteiger partial charge in [-0.05, 0) is 18.2 Å². The molecule has 2 aromatic carbocycles. The fourth-order valence-corrected chi connectivity index (χ4v) is 3.31. The molecule has 1 aliphatic rings. The Bertz CT molecular complexity index is 1030. The molecule has 0 spiro atoms. The van der Waals surface area contributed by atoms with Gasteiger partial charge in [-0.2, -0.15) is 5.10 Å². The second-order valence-corrected chi connectivity index (χ2v) is 6.50. The predicted octanol–water partition coefficient (Wildman–Crippen LogP) is 3.31. The zero-order valence-electron chi connectivity index (χ0n) is 14.8. The van der Waals surface area contributed by atoms with Gasteiger partial charge in [0.15, 0.2) is 5.78 Å². The number of H-pyrrole nitrogens is 1. The number of fused-ring (bicyclic) bond motifs is 3. The largest absolute Gasteiger partial charge is 0.378 e. The Morgan fingerprint density at radius 2 is 1.81 bits per heavy atom. The maximum Gasteiger partial charge on any atom is 0.221 e. The monoisotopic (exact) mass is 346 g/mol. The number of carbonyl (C=O) groups excluding carboxylic acids is 2. The lowest BCUT2D eigenvalue weighted by molar-refractivity contribution is -0.114. The van der Waals surface area contributed by atoms with E-state index in [1.54, 1.807) is 6.07 Å². The number of benzene rings is 2. The molecule has 1 aliphatic carbocycles. The van der Waals surface area contributed by atoms with Crippen LogP contribution in [0, 0.1) is 0 Å². The summed E-state index contributed by atoms with van der Waals surface area (Å²) in [7, 11) is 3.95. The standard InChI is InChI=1S/C20H18N4O2/c1-11(25)21-15-6-4-5-14-16(15)20(26)17-18(22-23-19(14)17)12-7-9-13(10-8-12)24(2)3/h4-10H,1-3H3,(H,21,25)(H,22,23). The summed E-state index contributed by atoms with van der Waals surface area (Å²) in [5.74, 6) is -0.334. The van der Waals surface area contributed by atoms with Gasteiger partial charge in [-0.3, -0.25) is 14.7 Å². The van der Waals surface area contributed by atoms with Crippen molar-refractivity contribution in [2.75, 3.05) is 24.3 Å². The third-order valence-corrected chi connectivity index (χ3v) is 4.52.